The molecule has 0 aliphatic carbocycles. The lowest BCUT2D eigenvalue weighted by Gasteiger charge is -1.98. The van der Waals surface area contributed by atoms with E-state index in [-0.39, 0.29) is 0 Å². The summed E-state index contributed by atoms with van der Waals surface area (Å²) in [7, 11) is 0. The predicted molar refractivity (Wildman–Crippen MR) is 85.7 cm³/mol. The summed E-state index contributed by atoms with van der Waals surface area (Å²) in [5.74, 6) is 1.44. The molecule has 0 fully saturated rings. The second-order valence-corrected chi connectivity index (χ2v) is 5.23. The third kappa shape index (κ3) is 1.58. The zero-order valence-corrected chi connectivity index (χ0v) is 11.6. The van der Waals surface area contributed by atoms with Crippen LogP contribution in [0, 0.1) is 0 Å². The molecule has 0 unspecified atom stereocenters. The van der Waals surface area contributed by atoms with Crippen LogP contribution < -0.4 is 0 Å². The summed E-state index contributed by atoms with van der Waals surface area (Å²) < 4.78 is 7.87. The summed E-state index contributed by atoms with van der Waals surface area (Å²) in [5.41, 5.74) is 3.66. The summed E-state index contributed by atoms with van der Waals surface area (Å²) in [4.78, 5) is 9.20. The largest absolute Gasteiger partial charge is 0.454 e. The zero-order chi connectivity index (χ0) is 14.5. The highest BCUT2D eigenvalue weighted by Crippen LogP contribution is 2.27. The summed E-state index contributed by atoms with van der Waals surface area (Å²) in [6.45, 7) is 0. The molecular formula is C18H11N3O. The topological polar surface area (TPSA) is 43.3 Å². The number of imidazole rings is 1. The Labute approximate surface area is 125 Å². The van der Waals surface area contributed by atoms with Crippen molar-refractivity contribution in [2.45, 2.75) is 0 Å². The molecule has 5 rings (SSSR count). The second kappa shape index (κ2) is 4.18. The second-order valence-electron chi connectivity index (χ2n) is 5.23. The van der Waals surface area contributed by atoms with Gasteiger partial charge >= 0.3 is 0 Å². The standard InChI is InChI=1S/C18H11N3O/c1-4-8-16-12(5-1)11-17(22-16)14-9-10-21-15-7-3-2-6-13(15)19-18(21)20-14/h1-11H. The van der Waals surface area contributed by atoms with Crippen LogP contribution in [0.3, 0.4) is 0 Å². The first kappa shape index (κ1) is 11.5. The summed E-state index contributed by atoms with van der Waals surface area (Å²) in [6, 6.07) is 19.9. The van der Waals surface area contributed by atoms with Crippen LogP contribution in [-0.4, -0.2) is 14.4 Å². The van der Waals surface area contributed by atoms with Crippen LogP contribution in [-0.2, 0) is 0 Å². The van der Waals surface area contributed by atoms with E-state index in [1.807, 2.05) is 71.3 Å². The van der Waals surface area contributed by atoms with Gasteiger partial charge in [-0.2, -0.15) is 0 Å². The SMILES string of the molecule is c1ccc2oc(-c3ccn4c(n3)nc3ccccc34)cc2c1. The lowest BCUT2D eigenvalue weighted by Crippen LogP contribution is -1.90. The molecule has 0 amide bonds. The molecule has 0 saturated heterocycles. The number of rotatable bonds is 1. The Morgan fingerprint density at radius 1 is 0.864 bits per heavy atom. The van der Waals surface area contributed by atoms with E-state index in [1.165, 1.54) is 0 Å². The fourth-order valence-corrected chi connectivity index (χ4v) is 2.79. The van der Waals surface area contributed by atoms with Crippen LogP contribution in [0.5, 0.6) is 0 Å². The van der Waals surface area contributed by atoms with Crippen molar-refractivity contribution in [3.8, 4) is 11.5 Å². The molecule has 0 aliphatic rings. The summed E-state index contributed by atoms with van der Waals surface area (Å²) in [6.07, 6.45) is 1.99. The highest BCUT2D eigenvalue weighted by molar-refractivity contribution is 5.83. The first-order chi connectivity index (χ1) is 10.9. The first-order valence-electron chi connectivity index (χ1n) is 7.11. The van der Waals surface area contributed by atoms with Gasteiger partial charge in [-0.25, -0.2) is 9.97 Å². The van der Waals surface area contributed by atoms with Gasteiger partial charge in [-0.3, -0.25) is 4.40 Å². The van der Waals surface area contributed by atoms with Gasteiger partial charge in [0.05, 0.1) is 11.0 Å². The molecule has 5 aromatic rings. The average molecular weight is 285 g/mol. The Kier molecular flexibility index (Phi) is 2.19. The van der Waals surface area contributed by atoms with Crippen molar-refractivity contribution in [1.82, 2.24) is 14.4 Å². The van der Waals surface area contributed by atoms with Gasteiger partial charge in [0.2, 0.25) is 5.78 Å². The molecule has 0 N–H and O–H groups in total. The zero-order valence-electron chi connectivity index (χ0n) is 11.6. The van der Waals surface area contributed by atoms with E-state index in [0.29, 0.717) is 5.78 Å². The number of nitrogens with zero attached hydrogens (tertiary/aromatic N) is 3. The number of aromatic nitrogens is 3. The van der Waals surface area contributed by atoms with Crippen LogP contribution in [0.15, 0.2) is 71.3 Å². The molecule has 3 aromatic heterocycles. The Hall–Kier alpha value is -3.14. The maximum atomic E-state index is 5.88. The minimum atomic E-state index is 0.680. The smallest absolute Gasteiger partial charge is 0.235 e. The van der Waals surface area contributed by atoms with E-state index < -0.39 is 0 Å². The molecule has 0 atom stereocenters. The predicted octanol–water partition coefficient (Wildman–Crippen LogP) is 4.30. The number of furan rings is 1. The van der Waals surface area contributed by atoms with Crippen LogP contribution in [0.25, 0.3) is 39.2 Å². The maximum Gasteiger partial charge on any atom is 0.235 e. The summed E-state index contributed by atoms with van der Waals surface area (Å²) >= 11 is 0. The van der Waals surface area contributed by atoms with E-state index >= 15 is 0 Å². The fourth-order valence-electron chi connectivity index (χ4n) is 2.79. The molecule has 0 spiro atoms. The van der Waals surface area contributed by atoms with Crippen LogP contribution in [0.1, 0.15) is 0 Å². The molecule has 0 saturated carbocycles. The molecule has 4 nitrogen and oxygen atoms in total. The van der Waals surface area contributed by atoms with E-state index in [2.05, 4.69) is 9.97 Å². The van der Waals surface area contributed by atoms with E-state index in [0.717, 1.165) is 33.5 Å². The minimum Gasteiger partial charge on any atom is -0.454 e. The number of hydrogen-bond acceptors (Lipinski definition) is 3. The fraction of sp³-hybridized carbons (Fsp3) is 0. The molecule has 3 heterocycles. The molecule has 0 radical (unpaired) electrons. The lowest BCUT2D eigenvalue weighted by atomic mass is 10.2. The van der Waals surface area contributed by atoms with E-state index in [4.69, 9.17) is 4.42 Å². The summed E-state index contributed by atoms with van der Waals surface area (Å²) in [5, 5.41) is 1.08. The van der Waals surface area contributed by atoms with Crippen molar-refractivity contribution in [1.29, 1.82) is 0 Å². The van der Waals surface area contributed by atoms with E-state index in [9.17, 15) is 0 Å². The van der Waals surface area contributed by atoms with Gasteiger partial charge in [0, 0.05) is 11.6 Å². The molecular weight excluding hydrogens is 274 g/mol. The van der Waals surface area contributed by atoms with Crippen molar-refractivity contribution in [3.63, 3.8) is 0 Å². The molecule has 4 heteroatoms. The Morgan fingerprint density at radius 3 is 2.68 bits per heavy atom. The van der Waals surface area contributed by atoms with Gasteiger partial charge in [-0.1, -0.05) is 30.3 Å². The van der Waals surface area contributed by atoms with Gasteiger partial charge in [0.25, 0.3) is 0 Å². The first-order valence-corrected chi connectivity index (χ1v) is 7.11. The average Bonchev–Trinajstić information content (AvgIpc) is 3.15. The van der Waals surface area contributed by atoms with Crippen molar-refractivity contribution < 1.29 is 4.42 Å². The molecule has 2 aromatic carbocycles. The monoisotopic (exact) mass is 285 g/mol. The Morgan fingerprint density at radius 2 is 1.73 bits per heavy atom. The van der Waals surface area contributed by atoms with Gasteiger partial charge < -0.3 is 4.42 Å². The van der Waals surface area contributed by atoms with Crippen LogP contribution >= 0.6 is 0 Å². The van der Waals surface area contributed by atoms with Gasteiger partial charge in [0.1, 0.15) is 11.3 Å². The minimum absolute atomic E-state index is 0.680. The van der Waals surface area contributed by atoms with Crippen molar-refractivity contribution >= 4 is 27.8 Å². The maximum absolute atomic E-state index is 5.88. The number of benzene rings is 2. The van der Waals surface area contributed by atoms with Gasteiger partial charge in [-0.15, -0.1) is 0 Å². The molecule has 104 valence electrons. The highest BCUT2D eigenvalue weighted by atomic mass is 16.3. The quantitative estimate of drug-likeness (QED) is 0.461. The van der Waals surface area contributed by atoms with Gasteiger partial charge in [0.15, 0.2) is 5.76 Å². The van der Waals surface area contributed by atoms with Crippen molar-refractivity contribution in [3.05, 3.63) is 66.9 Å². The molecule has 0 bridgehead atoms. The molecule has 22 heavy (non-hydrogen) atoms. The normalized spacial score (nSPS) is 11.6. The number of para-hydroxylation sites is 3. The third-order valence-corrected chi connectivity index (χ3v) is 3.86. The van der Waals surface area contributed by atoms with E-state index in [1.54, 1.807) is 0 Å². The van der Waals surface area contributed by atoms with Crippen molar-refractivity contribution in [2.24, 2.45) is 0 Å². The highest BCUT2D eigenvalue weighted by Gasteiger charge is 2.10. The lowest BCUT2D eigenvalue weighted by molar-refractivity contribution is 0.628. The third-order valence-electron chi connectivity index (χ3n) is 3.86. The Balaban J connectivity index is 1.75. The van der Waals surface area contributed by atoms with Crippen LogP contribution in [0.4, 0.5) is 0 Å². The van der Waals surface area contributed by atoms with Crippen LogP contribution in [0.2, 0.25) is 0 Å². The Bertz CT molecular complexity index is 1100. The molecule has 0 aliphatic heterocycles. The number of hydrogen-bond donors (Lipinski definition) is 0. The number of fused-ring (bicyclic) bond motifs is 4. The van der Waals surface area contributed by atoms with Gasteiger partial charge in [-0.05, 0) is 30.3 Å². The van der Waals surface area contributed by atoms with Crippen molar-refractivity contribution in [2.75, 3.05) is 0 Å².